The van der Waals surface area contributed by atoms with Crippen molar-refractivity contribution in [3.8, 4) is 17.0 Å². The Morgan fingerprint density at radius 3 is 2.45 bits per heavy atom. The molecule has 0 aliphatic rings. The van der Waals surface area contributed by atoms with Gasteiger partial charge in [-0.3, -0.25) is 0 Å². The number of halogens is 1. The molecule has 0 aliphatic carbocycles. The minimum absolute atomic E-state index is 0.00598. The van der Waals surface area contributed by atoms with Gasteiger partial charge in [-0.05, 0) is 12.1 Å². The Hall–Kier alpha value is -2.90. The van der Waals surface area contributed by atoms with Gasteiger partial charge in [0, 0.05) is 11.6 Å². The first-order valence-electron chi connectivity index (χ1n) is 5.25. The van der Waals surface area contributed by atoms with Crippen molar-refractivity contribution in [1.82, 2.24) is 5.16 Å². The quantitative estimate of drug-likeness (QED) is 0.880. The summed E-state index contributed by atoms with van der Waals surface area (Å²) in [5.41, 5.74) is -0.328. The van der Waals surface area contributed by atoms with E-state index in [1.165, 1.54) is 0 Å². The zero-order chi connectivity index (χ0) is 14.9. The molecule has 2 rings (SSSR count). The lowest BCUT2D eigenvalue weighted by molar-refractivity contribution is 0.0649. The molecule has 0 unspecified atom stereocenters. The first-order valence-corrected chi connectivity index (χ1v) is 5.25. The Labute approximate surface area is 111 Å². The molecule has 0 saturated heterocycles. The third-order valence-electron chi connectivity index (χ3n) is 2.49. The fourth-order valence-electron chi connectivity index (χ4n) is 1.62. The maximum absolute atomic E-state index is 13.8. The molecule has 0 spiro atoms. The van der Waals surface area contributed by atoms with Crippen LogP contribution in [0.3, 0.4) is 0 Å². The summed E-state index contributed by atoms with van der Waals surface area (Å²) >= 11 is 0. The van der Waals surface area contributed by atoms with Gasteiger partial charge >= 0.3 is 11.9 Å². The largest absolute Gasteiger partial charge is 0.493 e. The summed E-state index contributed by atoms with van der Waals surface area (Å²) in [5, 5.41) is 21.2. The highest BCUT2D eigenvalue weighted by molar-refractivity contribution is 5.93. The van der Waals surface area contributed by atoms with E-state index in [0.717, 1.165) is 25.3 Å². The summed E-state index contributed by atoms with van der Waals surface area (Å²) in [6.07, 6.45) is 0. The van der Waals surface area contributed by atoms with Crippen LogP contribution in [0.1, 0.15) is 20.9 Å². The van der Waals surface area contributed by atoms with Gasteiger partial charge in [0.25, 0.3) is 0 Å². The minimum Gasteiger partial charge on any atom is -0.493 e. The van der Waals surface area contributed by atoms with Gasteiger partial charge in [0.1, 0.15) is 11.3 Å². The van der Waals surface area contributed by atoms with Gasteiger partial charge in [-0.2, -0.15) is 0 Å². The smallest absolute Gasteiger partial charge is 0.374 e. The second-order valence-electron chi connectivity index (χ2n) is 3.73. The molecule has 0 bridgehead atoms. The fourth-order valence-corrected chi connectivity index (χ4v) is 1.62. The van der Waals surface area contributed by atoms with Crippen LogP contribution in [0.5, 0.6) is 5.75 Å². The van der Waals surface area contributed by atoms with Crippen molar-refractivity contribution in [1.29, 1.82) is 0 Å². The van der Waals surface area contributed by atoms with Crippen LogP contribution < -0.4 is 4.74 Å². The zero-order valence-electron chi connectivity index (χ0n) is 10.1. The maximum atomic E-state index is 13.8. The summed E-state index contributed by atoms with van der Waals surface area (Å²) in [5.74, 6) is -4.47. The molecular formula is C12H8FNO6. The molecule has 20 heavy (non-hydrogen) atoms. The summed E-state index contributed by atoms with van der Waals surface area (Å²) in [6, 6.07) is 3.16. The lowest BCUT2D eigenvalue weighted by Gasteiger charge is -2.07. The normalized spacial score (nSPS) is 10.3. The van der Waals surface area contributed by atoms with Crippen molar-refractivity contribution in [2.24, 2.45) is 0 Å². The van der Waals surface area contributed by atoms with Gasteiger partial charge in [0.05, 0.1) is 7.11 Å². The Morgan fingerprint density at radius 1 is 1.25 bits per heavy atom. The number of aromatic nitrogens is 1. The Bertz CT molecular complexity index is 693. The van der Waals surface area contributed by atoms with Crippen molar-refractivity contribution >= 4 is 11.9 Å². The number of benzene rings is 1. The molecule has 2 aromatic rings. The van der Waals surface area contributed by atoms with E-state index in [2.05, 4.69) is 14.4 Å². The monoisotopic (exact) mass is 281 g/mol. The van der Waals surface area contributed by atoms with Crippen molar-refractivity contribution in [2.45, 2.75) is 0 Å². The Morgan fingerprint density at radius 2 is 1.95 bits per heavy atom. The van der Waals surface area contributed by atoms with Crippen LogP contribution in [0.2, 0.25) is 0 Å². The molecule has 8 heteroatoms. The van der Waals surface area contributed by atoms with Gasteiger partial charge in [0.2, 0.25) is 5.76 Å². The summed E-state index contributed by atoms with van der Waals surface area (Å²) < 4.78 is 23.0. The van der Waals surface area contributed by atoms with Crippen molar-refractivity contribution in [3.63, 3.8) is 0 Å². The first kappa shape index (κ1) is 13.5. The average Bonchev–Trinajstić information content (AvgIpc) is 2.87. The van der Waals surface area contributed by atoms with Gasteiger partial charge < -0.3 is 19.5 Å². The summed E-state index contributed by atoms with van der Waals surface area (Å²) in [7, 11) is 1.14. The number of ether oxygens (including phenoxy) is 1. The molecule has 2 N–H and O–H groups in total. The third kappa shape index (κ3) is 2.30. The van der Waals surface area contributed by atoms with Crippen LogP contribution in [-0.4, -0.2) is 34.4 Å². The lowest BCUT2D eigenvalue weighted by Crippen LogP contribution is -2.03. The highest BCUT2D eigenvalue weighted by Gasteiger charge is 2.20. The molecule has 0 fully saturated rings. The van der Waals surface area contributed by atoms with E-state index in [1.54, 1.807) is 0 Å². The number of hydrogen-bond donors (Lipinski definition) is 2. The van der Waals surface area contributed by atoms with Crippen LogP contribution >= 0.6 is 0 Å². The standard InChI is InChI=1S/C12H8FNO6/c1-19-10-6(11(15)16)2-5(3-7(10)13)8-4-9(12(17)18)20-14-8/h2-4H,1H3,(H,15,16)(H,17,18). The van der Waals surface area contributed by atoms with Gasteiger partial charge in [-0.1, -0.05) is 5.16 Å². The van der Waals surface area contributed by atoms with Crippen LogP contribution in [-0.2, 0) is 0 Å². The molecule has 1 heterocycles. The highest BCUT2D eigenvalue weighted by Crippen LogP contribution is 2.29. The number of methoxy groups -OCH3 is 1. The molecule has 0 radical (unpaired) electrons. The van der Waals surface area contributed by atoms with E-state index in [1.807, 2.05) is 0 Å². The molecule has 7 nitrogen and oxygen atoms in total. The van der Waals surface area contributed by atoms with E-state index in [9.17, 15) is 14.0 Å². The second-order valence-corrected chi connectivity index (χ2v) is 3.73. The molecule has 0 saturated carbocycles. The van der Waals surface area contributed by atoms with Crippen LogP contribution in [0, 0.1) is 5.82 Å². The number of carbonyl (C=O) groups is 2. The molecule has 104 valence electrons. The molecule has 0 amide bonds. The van der Waals surface area contributed by atoms with E-state index >= 15 is 0 Å². The first-order chi connectivity index (χ1) is 9.43. The zero-order valence-corrected chi connectivity index (χ0v) is 10.1. The molecule has 1 aromatic carbocycles. The van der Waals surface area contributed by atoms with Crippen molar-refractivity contribution in [3.05, 3.63) is 35.3 Å². The number of carboxylic acids is 2. The maximum Gasteiger partial charge on any atom is 0.374 e. The Kier molecular flexibility index (Phi) is 3.38. The van der Waals surface area contributed by atoms with E-state index in [4.69, 9.17) is 10.2 Å². The van der Waals surface area contributed by atoms with Crippen LogP contribution in [0.4, 0.5) is 4.39 Å². The topological polar surface area (TPSA) is 110 Å². The van der Waals surface area contributed by atoms with Crippen LogP contribution in [0.15, 0.2) is 22.7 Å². The van der Waals surface area contributed by atoms with Crippen molar-refractivity contribution in [2.75, 3.05) is 7.11 Å². The van der Waals surface area contributed by atoms with Gasteiger partial charge in [-0.25, -0.2) is 14.0 Å². The third-order valence-corrected chi connectivity index (χ3v) is 2.49. The number of hydrogen-bond acceptors (Lipinski definition) is 5. The SMILES string of the molecule is COc1c(F)cc(-c2cc(C(=O)O)on2)cc1C(=O)O. The highest BCUT2D eigenvalue weighted by atomic mass is 19.1. The number of rotatable bonds is 4. The minimum atomic E-state index is -1.38. The average molecular weight is 281 g/mol. The van der Waals surface area contributed by atoms with Gasteiger partial charge in [-0.15, -0.1) is 0 Å². The van der Waals surface area contributed by atoms with Gasteiger partial charge in [0.15, 0.2) is 11.6 Å². The van der Waals surface area contributed by atoms with Crippen molar-refractivity contribution < 1.29 is 33.5 Å². The van der Waals surface area contributed by atoms with E-state index < -0.39 is 34.8 Å². The predicted molar refractivity (Wildman–Crippen MR) is 62.4 cm³/mol. The molecule has 0 atom stereocenters. The second kappa shape index (κ2) is 5.00. The Balaban J connectivity index is 2.57. The number of carboxylic acid groups (broad SMARTS) is 2. The number of nitrogens with zero attached hydrogens (tertiary/aromatic N) is 1. The molecule has 0 aliphatic heterocycles. The fraction of sp³-hybridized carbons (Fsp3) is 0.0833. The summed E-state index contributed by atoms with van der Waals surface area (Å²) in [4.78, 5) is 21.7. The number of aromatic carboxylic acids is 2. The molecule has 1 aromatic heterocycles. The molecular weight excluding hydrogens is 273 g/mol. The van der Waals surface area contributed by atoms with E-state index in [-0.39, 0.29) is 11.3 Å². The van der Waals surface area contributed by atoms with Crippen LogP contribution in [0.25, 0.3) is 11.3 Å². The predicted octanol–water partition coefficient (Wildman–Crippen LogP) is 1.89. The lowest BCUT2D eigenvalue weighted by atomic mass is 10.1. The summed E-state index contributed by atoms with van der Waals surface area (Å²) in [6.45, 7) is 0. The van der Waals surface area contributed by atoms with E-state index in [0.29, 0.717) is 0 Å².